The lowest BCUT2D eigenvalue weighted by atomic mass is 9.97. The van der Waals surface area contributed by atoms with Gasteiger partial charge in [0.1, 0.15) is 23.7 Å². The van der Waals surface area contributed by atoms with Crippen LogP contribution in [0.15, 0.2) is 64.0 Å². The molecule has 2 aliphatic carbocycles. The molecule has 1 amide bonds. The van der Waals surface area contributed by atoms with E-state index in [9.17, 15) is 9.18 Å². The molecule has 9 heteroatoms. The van der Waals surface area contributed by atoms with Crippen molar-refractivity contribution in [3.63, 3.8) is 0 Å². The van der Waals surface area contributed by atoms with Crippen LogP contribution in [-0.2, 0) is 4.79 Å². The Balaban J connectivity index is 1.04. The van der Waals surface area contributed by atoms with Gasteiger partial charge in [-0.2, -0.15) is 5.11 Å². The number of fused-ring (bicyclic) bond motifs is 2. The van der Waals surface area contributed by atoms with Crippen molar-refractivity contribution in [2.45, 2.75) is 32.0 Å². The monoisotopic (exact) mass is 458 g/mol. The van der Waals surface area contributed by atoms with Gasteiger partial charge in [-0.3, -0.25) is 9.78 Å². The maximum atomic E-state index is 13.7. The van der Waals surface area contributed by atoms with E-state index in [1.807, 2.05) is 13.0 Å². The number of pyridine rings is 2. The Kier molecular flexibility index (Phi) is 5.04. The molecule has 0 spiro atoms. The van der Waals surface area contributed by atoms with Gasteiger partial charge in [-0.15, -0.1) is 5.11 Å². The standard InChI is InChI=1S/C25H23FN6O2/c1-13(25(33)31-22-5-2-14(11-28-22)24-29-12-30-32-24)23-17-9-16(10-18(17)23)34-21-6-7-27-20-4-3-15(26)8-19(20)21/h2-8,11-13,16-18,23-24H,9-10H2,1H3,(H,28,31,33)/t13?,16-,17-,18+,23+,24?. The van der Waals surface area contributed by atoms with E-state index >= 15 is 0 Å². The van der Waals surface area contributed by atoms with Crippen LogP contribution in [0.3, 0.4) is 0 Å². The molecule has 3 heterocycles. The van der Waals surface area contributed by atoms with Gasteiger partial charge in [0.05, 0.1) is 11.6 Å². The molecule has 3 aliphatic rings. The minimum Gasteiger partial charge on any atom is -0.490 e. The molecule has 2 fully saturated rings. The second kappa shape index (κ2) is 8.23. The first-order valence-electron chi connectivity index (χ1n) is 11.5. The summed E-state index contributed by atoms with van der Waals surface area (Å²) in [4.78, 5) is 25.6. The van der Waals surface area contributed by atoms with Crippen molar-refractivity contribution in [3.8, 4) is 5.75 Å². The van der Waals surface area contributed by atoms with Gasteiger partial charge >= 0.3 is 0 Å². The summed E-state index contributed by atoms with van der Waals surface area (Å²) in [5, 5.41) is 11.3. The number of benzene rings is 1. The lowest BCUT2D eigenvalue weighted by Crippen LogP contribution is -2.26. The van der Waals surface area contributed by atoms with Gasteiger partial charge in [-0.25, -0.2) is 14.4 Å². The number of azo groups is 1. The van der Waals surface area contributed by atoms with E-state index in [1.165, 1.54) is 18.5 Å². The van der Waals surface area contributed by atoms with Gasteiger partial charge in [0.2, 0.25) is 5.91 Å². The number of carbonyl (C=O) groups excluding carboxylic acids is 1. The fourth-order valence-electron chi connectivity index (χ4n) is 5.47. The first-order chi connectivity index (χ1) is 16.6. The Morgan fingerprint density at radius 2 is 2.00 bits per heavy atom. The highest BCUT2D eigenvalue weighted by atomic mass is 19.1. The van der Waals surface area contributed by atoms with E-state index < -0.39 is 0 Å². The number of hydrogen-bond acceptors (Lipinski definition) is 7. The summed E-state index contributed by atoms with van der Waals surface area (Å²) in [5.41, 5.74) is 1.54. The first kappa shape index (κ1) is 20.8. The molecule has 172 valence electrons. The molecule has 1 N–H and O–H groups in total. The van der Waals surface area contributed by atoms with Gasteiger partial charge < -0.3 is 10.1 Å². The quantitative estimate of drug-likeness (QED) is 0.565. The summed E-state index contributed by atoms with van der Waals surface area (Å²) >= 11 is 0. The Hall–Kier alpha value is -3.75. The Labute approximate surface area is 195 Å². The molecular weight excluding hydrogens is 435 g/mol. The maximum absolute atomic E-state index is 13.7. The summed E-state index contributed by atoms with van der Waals surface area (Å²) < 4.78 is 20.0. The summed E-state index contributed by atoms with van der Waals surface area (Å²) in [6.45, 7) is 1.98. The van der Waals surface area contributed by atoms with Gasteiger partial charge in [-0.1, -0.05) is 6.92 Å². The van der Waals surface area contributed by atoms with Crippen LogP contribution in [-0.4, -0.2) is 28.3 Å². The first-order valence-corrected chi connectivity index (χ1v) is 11.5. The Morgan fingerprint density at radius 1 is 1.15 bits per heavy atom. The number of carbonyl (C=O) groups is 1. The highest BCUT2D eigenvalue weighted by molar-refractivity contribution is 5.92. The highest BCUT2D eigenvalue weighted by Gasteiger charge is 2.59. The number of aromatic nitrogens is 2. The average Bonchev–Trinajstić information content (AvgIpc) is 3.21. The lowest BCUT2D eigenvalue weighted by Gasteiger charge is -2.20. The number of amides is 1. The number of ether oxygens (including phenoxy) is 1. The van der Waals surface area contributed by atoms with Crippen LogP contribution in [0.4, 0.5) is 10.2 Å². The highest BCUT2D eigenvalue weighted by Crippen LogP contribution is 2.61. The lowest BCUT2D eigenvalue weighted by molar-refractivity contribution is -0.120. The number of nitrogens with zero attached hydrogens (tertiary/aromatic N) is 5. The number of nitrogens with one attached hydrogen (secondary N) is 1. The number of anilines is 1. The molecule has 3 aromatic rings. The molecule has 0 bridgehead atoms. The van der Waals surface area contributed by atoms with Crippen LogP contribution in [0.1, 0.15) is 31.5 Å². The summed E-state index contributed by atoms with van der Waals surface area (Å²) in [6.07, 6.45) is 6.29. The van der Waals surface area contributed by atoms with Crippen LogP contribution in [0.5, 0.6) is 5.75 Å². The SMILES string of the molecule is CC(C(=O)Nc1ccc(C2N=CN=N2)cn1)[C@H]1[C@@H]2C[C@@H](Oc3ccnc4ccc(F)cc34)C[C@@H]21. The molecule has 34 heavy (non-hydrogen) atoms. The molecule has 2 saturated carbocycles. The summed E-state index contributed by atoms with van der Waals surface area (Å²) in [5.74, 6) is 2.03. The van der Waals surface area contributed by atoms with E-state index in [-0.39, 0.29) is 29.9 Å². The third-order valence-corrected chi connectivity index (χ3v) is 7.19. The van der Waals surface area contributed by atoms with E-state index in [2.05, 4.69) is 30.5 Å². The second-order valence-corrected chi connectivity index (χ2v) is 9.21. The van der Waals surface area contributed by atoms with Crippen molar-refractivity contribution in [2.24, 2.45) is 38.9 Å². The van der Waals surface area contributed by atoms with Crippen molar-refractivity contribution < 1.29 is 13.9 Å². The van der Waals surface area contributed by atoms with E-state index in [0.717, 1.165) is 18.4 Å². The summed E-state index contributed by atoms with van der Waals surface area (Å²) in [6, 6.07) is 9.94. The Bertz CT molecular complexity index is 1290. The van der Waals surface area contributed by atoms with Crippen molar-refractivity contribution in [3.05, 3.63) is 60.2 Å². The van der Waals surface area contributed by atoms with Gasteiger partial charge in [0.25, 0.3) is 0 Å². The third kappa shape index (κ3) is 3.81. The number of halogens is 1. The topological polar surface area (TPSA) is 101 Å². The van der Waals surface area contributed by atoms with Gasteiger partial charge in [0.15, 0.2) is 6.17 Å². The summed E-state index contributed by atoms with van der Waals surface area (Å²) in [7, 11) is 0. The molecule has 1 aromatic carbocycles. The van der Waals surface area contributed by atoms with Gasteiger partial charge in [-0.05, 0) is 67.0 Å². The number of rotatable bonds is 6. The van der Waals surface area contributed by atoms with Crippen molar-refractivity contribution in [1.82, 2.24) is 9.97 Å². The molecule has 0 radical (unpaired) electrons. The van der Waals surface area contributed by atoms with Crippen LogP contribution in [0, 0.1) is 29.5 Å². The molecule has 2 unspecified atom stereocenters. The van der Waals surface area contributed by atoms with Crippen molar-refractivity contribution >= 4 is 29.0 Å². The van der Waals surface area contributed by atoms with Crippen LogP contribution >= 0.6 is 0 Å². The van der Waals surface area contributed by atoms with Gasteiger partial charge in [0, 0.05) is 29.3 Å². The maximum Gasteiger partial charge on any atom is 0.228 e. The zero-order valence-corrected chi connectivity index (χ0v) is 18.5. The molecule has 0 saturated heterocycles. The number of aliphatic imine (C=N–C) groups is 1. The Morgan fingerprint density at radius 3 is 2.74 bits per heavy atom. The van der Waals surface area contributed by atoms with Crippen molar-refractivity contribution in [1.29, 1.82) is 0 Å². The van der Waals surface area contributed by atoms with E-state index in [4.69, 9.17) is 4.74 Å². The second-order valence-electron chi connectivity index (χ2n) is 9.21. The predicted molar refractivity (Wildman–Crippen MR) is 124 cm³/mol. The third-order valence-electron chi connectivity index (χ3n) is 7.19. The molecule has 6 rings (SSSR count). The van der Waals surface area contributed by atoms with E-state index in [1.54, 1.807) is 30.6 Å². The fourth-order valence-corrected chi connectivity index (χ4v) is 5.47. The minimum absolute atomic E-state index is 0.0219. The van der Waals surface area contributed by atoms with E-state index in [0.29, 0.717) is 40.2 Å². The molecule has 8 nitrogen and oxygen atoms in total. The normalized spacial score (nSPS) is 27.5. The minimum atomic E-state index is -0.346. The smallest absolute Gasteiger partial charge is 0.228 e. The van der Waals surface area contributed by atoms with Crippen LogP contribution in [0.2, 0.25) is 0 Å². The van der Waals surface area contributed by atoms with Crippen LogP contribution in [0.25, 0.3) is 10.9 Å². The zero-order valence-electron chi connectivity index (χ0n) is 18.5. The largest absolute Gasteiger partial charge is 0.490 e. The molecule has 2 aromatic heterocycles. The molecular formula is C25H23FN6O2. The molecule has 1 aliphatic heterocycles. The number of hydrogen-bond donors (Lipinski definition) is 1. The zero-order chi connectivity index (χ0) is 23.2. The predicted octanol–water partition coefficient (Wildman–Crippen LogP) is 4.94. The molecule has 6 atom stereocenters. The van der Waals surface area contributed by atoms with Crippen LogP contribution < -0.4 is 10.1 Å². The fraction of sp³-hybridized carbons (Fsp3) is 0.360. The average molecular weight is 458 g/mol. The van der Waals surface area contributed by atoms with Crippen molar-refractivity contribution in [2.75, 3.05) is 5.32 Å².